The molecule has 0 saturated carbocycles. The fourth-order valence-electron chi connectivity index (χ4n) is 2.22. The third-order valence-corrected chi connectivity index (χ3v) is 3.21. The van der Waals surface area contributed by atoms with Crippen molar-refractivity contribution in [3.63, 3.8) is 0 Å². The molecular formula is C14H20FNO. The Kier molecular flexibility index (Phi) is 3.67. The summed E-state index contributed by atoms with van der Waals surface area (Å²) < 4.78 is 19.1. The molecule has 1 aliphatic heterocycles. The molecule has 0 amide bonds. The molecule has 0 N–H and O–H groups in total. The number of hydrogen-bond donors (Lipinski definition) is 0. The monoisotopic (exact) mass is 237 g/mol. The van der Waals surface area contributed by atoms with E-state index in [1.54, 1.807) is 6.07 Å². The zero-order valence-electron chi connectivity index (χ0n) is 10.7. The number of ether oxygens (including phenoxy) is 1. The van der Waals surface area contributed by atoms with Gasteiger partial charge in [-0.05, 0) is 36.6 Å². The Morgan fingerprint density at radius 2 is 2.18 bits per heavy atom. The van der Waals surface area contributed by atoms with E-state index in [0.29, 0.717) is 0 Å². The van der Waals surface area contributed by atoms with Crippen LogP contribution in [0.4, 0.5) is 10.1 Å². The maximum Gasteiger partial charge on any atom is 0.126 e. The highest BCUT2D eigenvalue weighted by atomic mass is 19.1. The number of halogens is 1. The fourth-order valence-corrected chi connectivity index (χ4v) is 2.22. The number of morpholine rings is 1. The van der Waals surface area contributed by atoms with Crippen molar-refractivity contribution in [2.75, 3.05) is 24.6 Å². The molecule has 0 aromatic heterocycles. The summed E-state index contributed by atoms with van der Waals surface area (Å²) in [4.78, 5) is 2.26. The van der Waals surface area contributed by atoms with Gasteiger partial charge in [0.15, 0.2) is 0 Å². The molecule has 1 aliphatic rings. The molecule has 1 aromatic carbocycles. The number of rotatable bonds is 2. The summed E-state index contributed by atoms with van der Waals surface area (Å²) in [5.74, 6) is 0.110. The molecule has 1 atom stereocenters. The second kappa shape index (κ2) is 5.05. The van der Waals surface area contributed by atoms with Crippen molar-refractivity contribution in [2.24, 2.45) is 0 Å². The van der Waals surface area contributed by atoms with Gasteiger partial charge < -0.3 is 9.64 Å². The van der Waals surface area contributed by atoms with Crippen molar-refractivity contribution in [1.29, 1.82) is 0 Å². The Bertz CT molecular complexity index is 392. The minimum absolute atomic E-state index is 0.106. The molecule has 1 fully saturated rings. The summed E-state index contributed by atoms with van der Waals surface area (Å²) in [7, 11) is 0. The van der Waals surface area contributed by atoms with E-state index in [1.165, 1.54) is 0 Å². The Hall–Kier alpha value is -1.09. The Morgan fingerprint density at radius 1 is 1.41 bits per heavy atom. The standard InChI is InChI=1S/C14H20FNO/c1-10(2)13-8-12(4-5-14(13)15)16-6-7-17-11(3)9-16/h4-5,8,10-11H,6-7,9H2,1-3H3/t11-/m1/s1. The van der Waals surface area contributed by atoms with Crippen LogP contribution in [0.25, 0.3) is 0 Å². The summed E-state index contributed by atoms with van der Waals surface area (Å²) in [5.41, 5.74) is 1.90. The smallest absolute Gasteiger partial charge is 0.126 e. The van der Waals surface area contributed by atoms with Crippen molar-refractivity contribution in [3.8, 4) is 0 Å². The van der Waals surface area contributed by atoms with Gasteiger partial charge in [0.1, 0.15) is 5.82 Å². The number of benzene rings is 1. The van der Waals surface area contributed by atoms with E-state index in [2.05, 4.69) is 11.8 Å². The van der Waals surface area contributed by atoms with Gasteiger partial charge in [-0.3, -0.25) is 0 Å². The maximum atomic E-state index is 13.6. The van der Waals surface area contributed by atoms with E-state index in [4.69, 9.17) is 4.74 Å². The predicted octanol–water partition coefficient (Wildman–Crippen LogP) is 3.17. The van der Waals surface area contributed by atoms with Crippen LogP contribution in [0.1, 0.15) is 32.3 Å². The van der Waals surface area contributed by atoms with Crippen LogP contribution in [0.2, 0.25) is 0 Å². The molecule has 0 radical (unpaired) electrons. The molecule has 1 saturated heterocycles. The molecule has 0 aliphatic carbocycles. The molecular weight excluding hydrogens is 217 g/mol. The molecule has 2 rings (SSSR count). The normalized spacial score (nSPS) is 21.0. The zero-order valence-corrected chi connectivity index (χ0v) is 10.7. The predicted molar refractivity (Wildman–Crippen MR) is 68.1 cm³/mol. The summed E-state index contributed by atoms with van der Waals surface area (Å²) in [6, 6.07) is 5.40. The first-order valence-corrected chi connectivity index (χ1v) is 6.24. The largest absolute Gasteiger partial charge is 0.375 e. The lowest BCUT2D eigenvalue weighted by atomic mass is 10.0. The SMILES string of the molecule is CC(C)c1cc(N2CCO[C@H](C)C2)ccc1F. The average Bonchev–Trinajstić information content (AvgIpc) is 2.29. The molecule has 17 heavy (non-hydrogen) atoms. The van der Waals surface area contributed by atoms with Gasteiger partial charge in [0, 0.05) is 18.8 Å². The van der Waals surface area contributed by atoms with Gasteiger partial charge in [0.05, 0.1) is 12.7 Å². The molecule has 1 aromatic rings. The van der Waals surface area contributed by atoms with Crippen LogP contribution < -0.4 is 4.90 Å². The number of hydrogen-bond acceptors (Lipinski definition) is 2. The van der Waals surface area contributed by atoms with Crippen molar-refractivity contribution < 1.29 is 9.13 Å². The average molecular weight is 237 g/mol. The van der Waals surface area contributed by atoms with E-state index in [-0.39, 0.29) is 17.8 Å². The van der Waals surface area contributed by atoms with Crippen LogP contribution in [0, 0.1) is 5.82 Å². The summed E-state index contributed by atoms with van der Waals surface area (Å²) in [6.45, 7) is 8.61. The van der Waals surface area contributed by atoms with Gasteiger partial charge in [-0.2, -0.15) is 0 Å². The van der Waals surface area contributed by atoms with Crippen LogP contribution >= 0.6 is 0 Å². The van der Waals surface area contributed by atoms with Crippen LogP contribution in [0.15, 0.2) is 18.2 Å². The summed E-state index contributed by atoms with van der Waals surface area (Å²) in [5, 5.41) is 0. The topological polar surface area (TPSA) is 12.5 Å². The lowest BCUT2D eigenvalue weighted by Crippen LogP contribution is -2.41. The van der Waals surface area contributed by atoms with Crippen LogP contribution in [-0.2, 0) is 4.74 Å². The van der Waals surface area contributed by atoms with E-state index < -0.39 is 0 Å². The van der Waals surface area contributed by atoms with Gasteiger partial charge in [-0.1, -0.05) is 13.8 Å². The first-order chi connectivity index (χ1) is 8.08. The fraction of sp³-hybridized carbons (Fsp3) is 0.571. The first-order valence-electron chi connectivity index (χ1n) is 6.24. The highest BCUT2D eigenvalue weighted by Gasteiger charge is 2.18. The molecule has 0 unspecified atom stereocenters. The van der Waals surface area contributed by atoms with Crippen LogP contribution in [0.3, 0.4) is 0 Å². The van der Waals surface area contributed by atoms with Gasteiger partial charge >= 0.3 is 0 Å². The summed E-state index contributed by atoms with van der Waals surface area (Å²) in [6.07, 6.45) is 0.247. The van der Waals surface area contributed by atoms with Crippen molar-refractivity contribution in [3.05, 3.63) is 29.6 Å². The lowest BCUT2D eigenvalue weighted by Gasteiger charge is -2.33. The van der Waals surface area contributed by atoms with Gasteiger partial charge in [0.2, 0.25) is 0 Å². The molecule has 94 valence electrons. The van der Waals surface area contributed by atoms with Crippen LogP contribution in [-0.4, -0.2) is 25.8 Å². The van der Waals surface area contributed by atoms with Crippen molar-refractivity contribution in [2.45, 2.75) is 32.8 Å². The first kappa shape index (κ1) is 12.4. The minimum atomic E-state index is -0.106. The molecule has 0 spiro atoms. The molecule has 3 heteroatoms. The number of anilines is 1. The van der Waals surface area contributed by atoms with Crippen LogP contribution in [0.5, 0.6) is 0 Å². The third-order valence-electron chi connectivity index (χ3n) is 3.21. The molecule has 0 bridgehead atoms. The zero-order chi connectivity index (χ0) is 12.4. The van der Waals surface area contributed by atoms with E-state index in [1.807, 2.05) is 26.0 Å². The number of nitrogens with zero attached hydrogens (tertiary/aromatic N) is 1. The molecule has 2 nitrogen and oxygen atoms in total. The highest BCUT2D eigenvalue weighted by molar-refractivity contribution is 5.50. The third kappa shape index (κ3) is 2.78. The Balaban J connectivity index is 2.23. The Labute approximate surface area is 102 Å². The van der Waals surface area contributed by atoms with E-state index in [9.17, 15) is 4.39 Å². The van der Waals surface area contributed by atoms with Crippen molar-refractivity contribution in [1.82, 2.24) is 0 Å². The molecule has 1 heterocycles. The van der Waals surface area contributed by atoms with E-state index >= 15 is 0 Å². The minimum Gasteiger partial charge on any atom is -0.375 e. The lowest BCUT2D eigenvalue weighted by molar-refractivity contribution is 0.0532. The van der Waals surface area contributed by atoms with Gasteiger partial charge in [-0.25, -0.2) is 4.39 Å². The van der Waals surface area contributed by atoms with Crippen molar-refractivity contribution >= 4 is 5.69 Å². The van der Waals surface area contributed by atoms with E-state index in [0.717, 1.165) is 30.9 Å². The quantitative estimate of drug-likeness (QED) is 0.783. The summed E-state index contributed by atoms with van der Waals surface area (Å²) >= 11 is 0. The van der Waals surface area contributed by atoms with Gasteiger partial charge in [-0.15, -0.1) is 0 Å². The second-order valence-corrected chi connectivity index (χ2v) is 4.99. The maximum absolute atomic E-state index is 13.6. The van der Waals surface area contributed by atoms with Gasteiger partial charge in [0.25, 0.3) is 0 Å². The highest BCUT2D eigenvalue weighted by Crippen LogP contribution is 2.25. The second-order valence-electron chi connectivity index (χ2n) is 4.99. The Morgan fingerprint density at radius 3 is 2.82 bits per heavy atom.